The summed E-state index contributed by atoms with van der Waals surface area (Å²) in [5.41, 5.74) is 2.28. The number of rotatable bonds is 7. The molecular weight excluding hydrogens is 442 g/mol. The van der Waals surface area contributed by atoms with E-state index in [-0.39, 0.29) is 10.6 Å². The Balaban J connectivity index is 1.53. The van der Waals surface area contributed by atoms with Crippen LogP contribution in [0, 0.1) is 20.8 Å². The highest BCUT2D eigenvalue weighted by atomic mass is 32.2. The first-order valence-corrected chi connectivity index (χ1v) is 11.6. The van der Waals surface area contributed by atoms with E-state index in [1.807, 2.05) is 18.4 Å². The third-order valence-electron chi connectivity index (χ3n) is 4.99. The molecule has 0 fully saturated rings. The van der Waals surface area contributed by atoms with Crippen molar-refractivity contribution in [2.75, 3.05) is 11.8 Å². The standard InChI is InChI=1S/C23H23N5O4S/c1-15-16(2)28(14-24-15)22-13-23(26-17(3)25-22)32-19-11-9-18(10-12-19)27-33(29,30)21-8-6-5-7-20(21)31-4/h5-14,27H,1-4H3. The maximum absolute atomic E-state index is 12.7. The molecule has 0 radical (unpaired) electrons. The van der Waals surface area contributed by atoms with Crippen molar-refractivity contribution in [3.05, 3.63) is 78.1 Å². The van der Waals surface area contributed by atoms with Crippen LogP contribution in [0.2, 0.25) is 0 Å². The summed E-state index contributed by atoms with van der Waals surface area (Å²) in [4.78, 5) is 13.2. The number of benzene rings is 2. The minimum atomic E-state index is -3.82. The summed E-state index contributed by atoms with van der Waals surface area (Å²) < 4.78 is 41.0. The van der Waals surface area contributed by atoms with E-state index in [1.165, 1.54) is 13.2 Å². The number of ether oxygens (including phenoxy) is 2. The number of nitrogens with one attached hydrogen (secondary N) is 1. The van der Waals surface area contributed by atoms with Crippen LogP contribution in [0.25, 0.3) is 5.82 Å². The first-order chi connectivity index (χ1) is 15.8. The monoisotopic (exact) mass is 465 g/mol. The zero-order valence-corrected chi connectivity index (χ0v) is 19.4. The van der Waals surface area contributed by atoms with Crippen LogP contribution in [0.3, 0.4) is 0 Å². The van der Waals surface area contributed by atoms with Crippen molar-refractivity contribution in [3.8, 4) is 23.2 Å². The van der Waals surface area contributed by atoms with Gasteiger partial charge in [-0.15, -0.1) is 0 Å². The molecule has 0 amide bonds. The van der Waals surface area contributed by atoms with Crippen LogP contribution in [0.4, 0.5) is 5.69 Å². The Hall–Kier alpha value is -3.92. The van der Waals surface area contributed by atoms with E-state index < -0.39 is 10.0 Å². The van der Waals surface area contributed by atoms with Gasteiger partial charge in [0.15, 0.2) is 0 Å². The fourth-order valence-corrected chi connectivity index (χ4v) is 4.42. The van der Waals surface area contributed by atoms with Crippen LogP contribution in [0.1, 0.15) is 17.2 Å². The van der Waals surface area contributed by atoms with Crippen LogP contribution in [0.5, 0.6) is 17.4 Å². The van der Waals surface area contributed by atoms with E-state index in [0.29, 0.717) is 29.0 Å². The van der Waals surface area contributed by atoms with E-state index in [4.69, 9.17) is 9.47 Å². The van der Waals surface area contributed by atoms with E-state index >= 15 is 0 Å². The topological polar surface area (TPSA) is 108 Å². The molecule has 0 unspecified atom stereocenters. The van der Waals surface area contributed by atoms with Crippen LogP contribution < -0.4 is 14.2 Å². The van der Waals surface area contributed by atoms with Gasteiger partial charge in [-0.3, -0.25) is 9.29 Å². The number of para-hydroxylation sites is 1. The minimum Gasteiger partial charge on any atom is -0.495 e. The summed E-state index contributed by atoms with van der Waals surface area (Å²) in [5.74, 6) is 2.33. The van der Waals surface area contributed by atoms with Crippen LogP contribution in [-0.4, -0.2) is 35.0 Å². The second kappa shape index (κ2) is 8.91. The van der Waals surface area contributed by atoms with Gasteiger partial charge in [0.25, 0.3) is 10.0 Å². The summed E-state index contributed by atoms with van der Waals surface area (Å²) in [6.45, 7) is 5.68. The molecule has 170 valence electrons. The van der Waals surface area contributed by atoms with Crippen molar-refractivity contribution in [2.45, 2.75) is 25.7 Å². The third-order valence-corrected chi connectivity index (χ3v) is 6.41. The number of anilines is 1. The van der Waals surface area contributed by atoms with E-state index in [9.17, 15) is 8.42 Å². The lowest BCUT2D eigenvalue weighted by Crippen LogP contribution is -2.13. The molecule has 0 aliphatic rings. The summed E-state index contributed by atoms with van der Waals surface area (Å²) >= 11 is 0. The Kier molecular flexibility index (Phi) is 6.01. The first-order valence-electron chi connectivity index (χ1n) is 10.1. The highest BCUT2D eigenvalue weighted by molar-refractivity contribution is 7.92. The first kappa shape index (κ1) is 22.3. The van der Waals surface area contributed by atoms with E-state index in [2.05, 4.69) is 19.7 Å². The average molecular weight is 466 g/mol. The van der Waals surface area contributed by atoms with Crippen molar-refractivity contribution in [2.24, 2.45) is 0 Å². The van der Waals surface area contributed by atoms with Crippen molar-refractivity contribution >= 4 is 15.7 Å². The molecular formula is C23H23N5O4S. The smallest absolute Gasteiger partial charge is 0.265 e. The van der Waals surface area contributed by atoms with Gasteiger partial charge < -0.3 is 9.47 Å². The SMILES string of the molecule is COc1ccccc1S(=O)(=O)Nc1ccc(Oc2cc(-n3cnc(C)c3C)nc(C)n2)cc1. The number of sulfonamides is 1. The van der Waals surface area contributed by atoms with Gasteiger partial charge in [-0.1, -0.05) is 12.1 Å². The molecule has 0 spiro atoms. The van der Waals surface area contributed by atoms with E-state index in [0.717, 1.165) is 11.4 Å². The highest BCUT2D eigenvalue weighted by Crippen LogP contribution is 2.27. The Morgan fingerprint density at radius 3 is 2.36 bits per heavy atom. The molecule has 2 heterocycles. The van der Waals surface area contributed by atoms with Crippen LogP contribution in [0.15, 0.2) is 65.8 Å². The minimum absolute atomic E-state index is 0.0573. The number of aryl methyl sites for hydroxylation is 2. The van der Waals surface area contributed by atoms with Gasteiger partial charge in [-0.2, -0.15) is 4.98 Å². The number of hydrogen-bond donors (Lipinski definition) is 1. The van der Waals surface area contributed by atoms with Crippen molar-refractivity contribution in [1.29, 1.82) is 0 Å². The van der Waals surface area contributed by atoms with Gasteiger partial charge in [-0.05, 0) is 57.2 Å². The Bertz CT molecular complexity index is 1400. The highest BCUT2D eigenvalue weighted by Gasteiger charge is 2.19. The molecule has 0 atom stereocenters. The molecule has 0 aliphatic carbocycles. The Morgan fingerprint density at radius 1 is 0.970 bits per heavy atom. The number of methoxy groups -OCH3 is 1. The summed E-state index contributed by atoms with van der Waals surface area (Å²) in [5, 5.41) is 0. The molecule has 2 aromatic heterocycles. The normalized spacial score (nSPS) is 11.3. The van der Waals surface area contributed by atoms with E-state index in [1.54, 1.807) is 61.8 Å². The van der Waals surface area contributed by atoms with Gasteiger partial charge >= 0.3 is 0 Å². The molecule has 2 aromatic carbocycles. The summed E-state index contributed by atoms with van der Waals surface area (Å²) in [7, 11) is -2.39. The largest absolute Gasteiger partial charge is 0.495 e. The molecule has 10 heteroatoms. The molecule has 9 nitrogen and oxygen atoms in total. The zero-order chi connectivity index (χ0) is 23.6. The van der Waals surface area contributed by atoms with Crippen LogP contribution >= 0.6 is 0 Å². The lowest BCUT2D eigenvalue weighted by Gasteiger charge is -2.12. The third kappa shape index (κ3) is 4.80. The second-order valence-corrected chi connectivity index (χ2v) is 8.93. The lowest BCUT2D eigenvalue weighted by molar-refractivity contribution is 0.403. The average Bonchev–Trinajstić information content (AvgIpc) is 3.13. The quantitative estimate of drug-likeness (QED) is 0.436. The predicted molar refractivity (Wildman–Crippen MR) is 124 cm³/mol. The maximum Gasteiger partial charge on any atom is 0.265 e. The van der Waals surface area contributed by atoms with Crippen molar-refractivity contribution < 1.29 is 17.9 Å². The molecule has 0 saturated carbocycles. The Morgan fingerprint density at radius 2 is 1.70 bits per heavy atom. The zero-order valence-electron chi connectivity index (χ0n) is 18.6. The number of nitrogens with zero attached hydrogens (tertiary/aromatic N) is 4. The lowest BCUT2D eigenvalue weighted by atomic mass is 10.3. The predicted octanol–water partition coefficient (Wildman–Crippen LogP) is 4.19. The number of hydrogen-bond acceptors (Lipinski definition) is 7. The fraction of sp³-hybridized carbons (Fsp3) is 0.174. The molecule has 0 aliphatic heterocycles. The molecule has 1 N–H and O–H groups in total. The molecule has 0 saturated heterocycles. The Labute approximate surface area is 192 Å². The van der Waals surface area contributed by atoms with Crippen molar-refractivity contribution in [3.63, 3.8) is 0 Å². The number of aromatic nitrogens is 4. The number of imidazole rings is 1. The van der Waals surface area contributed by atoms with Crippen LogP contribution in [-0.2, 0) is 10.0 Å². The van der Waals surface area contributed by atoms with Gasteiger partial charge in [0, 0.05) is 17.4 Å². The maximum atomic E-state index is 12.7. The molecule has 4 rings (SSSR count). The van der Waals surface area contributed by atoms with Gasteiger partial charge in [0.1, 0.15) is 34.4 Å². The van der Waals surface area contributed by atoms with Gasteiger partial charge in [0.05, 0.1) is 12.8 Å². The second-order valence-electron chi connectivity index (χ2n) is 7.28. The molecule has 33 heavy (non-hydrogen) atoms. The molecule has 4 aromatic rings. The summed E-state index contributed by atoms with van der Waals surface area (Å²) in [6.07, 6.45) is 1.71. The van der Waals surface area contributed by atoms with Crippen molar-refractivity contribution in [1.82, 2.24) is 19.5 Å². The molecule has 0 bridgehead atoms. The van der Waals surface area contributed by atoms with Gasteiger partial charge in [0.2, 0.25) is 5.88 Å². The summed E-state index contributed by atoms with van der Waals surface area (Å²) in [6, 6.07) is 14.7. The van der Waals surface area contributed by atoms with Gasteiger partial charge in [-0.25, -0.2) is 18.4 Å². The fourth-order valence-electron chi connectivity index (χ4n) is 3.19.